The molecule has 0 radical (unpaired) electrons. The van der Waals surface area contributed by atoms with Crippen LogP contribution in [0.4, 0.5) is 0 Å². The zero-order valence-corrected chi connectivity index (χ0v) is 10.0. The van der Waals surface area contributed by atoms with E-state index < -0.39 is 6.23 Å². The van der Waals surface area contributed by atoms with Crippen LogP contribution in [0, 0.1) is 0 Å². The number of likely N-dealkylation sites (tertiary alicyclic amines) is 1. The molecule has 0 aromatic carbocycles. The van der Waals surface area contributed by atoms with Gasteiger partial charge in [0.05, 0.1) is 11.3 Å². The average Bonchev–Trinajstić information content (AvgIpc) is 2.38. The first-order chi connectivity index (χ1) is 8.75. The maximum Gasteiger partial charge on any atom is 0.226 e. The van der Waals surface area contributed by atoms with Gasteiger partial charge in [0.2, 0.25) is 5.91 Å². The van der Waals surface area contributed by atoms with Crippen LogP contribution in [0.25, 0.3) is 5.70 Å². The molecule has 1 saturated heterocycles. The number of nitrogens with two attached hydrogens (primary N) is 1. The molecule has 3 heterocycles. The minimum absolute atomic E-state index is 0.149. The van der Waals surface area contributed by atoms with Gasteiger partial charge in [0.1, 0.15) is 5.75 Å². The number of aromatic nitrogens is 1. The highest BCUT2D eigenvalue weighted by atomic mass is 16.5. The van der Waals surface area contributed by atoms with Gasteiger partial charge in [-0.1, -0.05) is 0 Å². The number of fused-ring (bicyclic) bond motifs is 1. The standard InChI is InChI=1S/C13H15N3O2/c14-12-7-10(16-6-2-1-3-13(16)17)9-8-15-5-4-11(9)18-12/h4-5,7-8,12H,1-3,6,14H2. The smallest absolute Gasteiger partial charge is 0.226 e. The lowest BCUT2D eigenvalue weighted by Crippen LogP contribution is -2.37. The summed E-state index contributed by atoms with van der Waals surface area (Å²) in [5.74, 6) is 0.838. The summed E-state index contributed by atoms with van der Waals surface area (Å²) >= 11 is 0. The van der Waals surface area contributed by atoms with Crippen LogP contribution in [0.15, 0.2) is 24.5 Å². The van der Waals surface area contributed by atoms with E-state index >= 15 is 0 Å². The second-order valence-electron chi connectivity index (χ2n) is 4.51. The minimum Gasteiger partial charge on any atom is -0.471 e. The van der Waals surface area contributed by atoms with Crippen molar-refractivity contribution in [2.75, 3.05) is 6.54 Å². The van der Waals surface area contributed by atoms with E-state index in [-0.39, 0.29) is 5.91 Å². The monoisotopic (exact) mass is 245 g/mol. The molecule has 2 aliphatic heterocycles. The molecule has 94 valence electrons. The van der Waals surface area contributed by atoms with Crippen molar-refractivity contribution in [3.63, 3.8) is 0 Å². The van der Waals surface area contributed by atoms with Crippen LogP contribution in [0.1, 0.15) is 24.8 Å². The van der Waals surface area contributed by atoms with E-state index in [0.717, 1.165) is 30.6 Å². The molecule has 0 saturated carbocycles. The fourth-order valence-electron chi connectivity index (χ4n) is 2.40. The van der Waals surface area contributed by atoms with Crippen LogP contribution in [-0.4, -0.2) is 28.6 Å². The van der Waals surface area contributed by atoms with Crippen LogP contribution in [0.5, 0.6) is 5.75 Å². The SMILES string of the molecule is NC1C=C(N2CCCCC2=O)c2cnccc2O1. The molecule has 0 aliphatic carbocycles. The quantitative estimate of drug-likeness (QED) is 0.804. The summed E-state index contributed by atoms with van der Waals surface area (Å²) in [5, 5.41) is 0. The number of hydrogen-bond donors (Lipinski definition) is 1. The van der Waals surface area contributed by atoms with Gasteiger partial charge in [-0.2, -0.15) is 0 Å². The molecule has 5 heteroatoms. The molecule has 1 aromatic rings. The molecule has 2 aliphatic rings. The molecule has 1 unspecified atom stereocenters. The van der Waals surface area contributed by atoms with E-state index in [1.165, 1.54) is 0 Å². The topological polar surface area (TPSA) is 68.5 Å². The molecule has 1 amide bonds. The Bertz CT molecular complexity index is 513. The van der Waals surface area contributed by atoms with Crippen LogP contribution in [0.2, 0.25) is 0 Å². The number of carbonyl (C=O) groups excluding carboxylic acids is 1. The first-order valence-corrected chi connectivity index (χ1v) is 6.14. The first-order valence-electron chi connectivity index (χ1n) is 6.14. The van der Waals surface area contributed by atoms with Crippen molar-refractivity contribution in [3.05, 3.63) is 30.1 Å². The Hall–Kier alpha value is -1.88. The van der Waals surface area contributed by atoms with Gasteiger partial charge in [0.25, 0.3) is 0 Å². The van der Waals surface area contributed by atoms with Gasteiger partial charge in [-0.05, 0) is 25.0 Å². The predicted octanol–water partition coefficient (Wildman–Crippen LogP) is 1.11. The highest BCUT2D eigenvalue weighted by Gasteiger charge is 2.28. The highest BCUT2D eigenvalue weighted by molar-refractivity contribution is 5.88. The largest absolute Gasteiger partial charge is 0.471 e. The van der Waals surface area contributed by atoms with Crippen molar-refractivity contribution in [2.45, 2.75) is 25.5 Å². The Morgan fingerprint density at radius 3 is 3.17 bits per heavy atom. The average molecular weight is 245 g/mol. The number of rotatable bonds is 1. The number of ether oxygens (including phenoxy) is 1. The third kappa shape index (κ3) is 1.86. The number of nitrogens with zero attached hydrogens (tertiary/aromatic N) is 2. The fourth-order valence-corrected chi connectivity index (χ4v) is 2.40. The van der Waals surface area contributed by atoms with Crippen LogP contribution < -0.4 is 10.5 Å². The van der Waals surface area contributed by atoms with E-state index in [2.05, 4.69) is 4.98 Å². The third-order valence-electron chi connectivity index (χ3n) is 3.26. The first kappa shape index (κ1) is 11.2. The summed E-state index contributed by atoms with van der Waals surface area (Å²) in [6.45, 7) is 0.742. The lowest BCUT2D eigenvalue weighted by molar-refractivity contribution is -0.129. The van der Waals surface area contributed by atoms with E-state index in [1.54, 1.807) is 29.4 Å². The van der Waals surface area contributed by atoms with Crippen molar-refractivity contribution in [3.8, 4) is 5.75 Å². The van der Waals surface area contributed by atoms with Gasteiger partial charge in [-0.3, -0.25) is 15.5 Å². The highest BCUT2D eigenvalue weighted by Crippen LogP contribution is 2.33. The maximum absolute atomic E-state index is 12.0. The molecule has 18 heavy (non-hydrogen) atoms. The summed E-state index contributed by atoms with van der Waals surface area (Å²) in [7, 11) is 0. The Balaban J connectivity index is 2.01. The molecular weight excluding hydrogens is 230 g/mol. The van der Waals surface area contributed by atoms with Gasteiger partial charge in [-0.25, -0.2) is 0 Å². The lowest BCUT2D eigenvalue weighted by atomic mass is 10.0. The molecular formula is C13H15N3O2. The Morgan fingerprint density at radius 2 is 2.33 bits per heavy atom. The van der Waals surface area contributed by atoms with E-state index in [0.29, 0.717) is 12.2 Å². The van der Waals surface area contributed by atoms with E-state index in [4.69, 9.17) is 10.5 Å². The van der Waals surface area contributed by atoms with E-state index in [9.17, 15) is 4.79 Å². The number of pyridine rings is 1. The van der Waals surface area contributed by atoms with Gasteiger partial charge in [-0.15, -0.1) is 0 Å². The lowest BCUT2D eigenvalue weighted by Gasteiger charge is -2.33. The van der Waals surface area contributed by atoms with Crippen molar-refractivity contribution < 1.29 is 9.53 Å². The number of carbonyl (C=O) groups is 1. The Morgan fingerprint density at radius 1 is 1.44 bits per heavy atom. The molecule has 1 aromatic heterocycles. The number of amides is 1. The van der Waals surface area contributed by atoms with E-state index in [1.807, 2.05) is 0 Å². The van der Waals surface area contributed by atoms with Gasteiger partial charge < -0.3 is 9.64 Å². The van der Waals surface area contributed by atoms with Crippen molar-refractivity contribution in [1.82, 2.24) is 9.88 Å². The summed E-state index contributed by atoms with van der Waals surface area (Å²) in [6, 6.07) is 1.77. The Kier molecular flexibility index (Phi) is 2.76. The normalized spacial score (nSPS) is 23.2. The van der Waals surface area contributed by atoms with Crippen LogP contribution >= 0.6 is 0 Å². The van der Waals surface area contributed by atoms with Crippen molar-refractivity contribution in [1.29, 1.82) is 0 Å². The summed E-state index contributed by atoms with van der Waals surface area (Å²) in [4.78, 5) is 17.9. The summed E-state index contributed by atoms with van der Waals surface area (Å²) < 4.78 is 5.51. The van der Waals surface area contributed by atoms with Gasteiger partial charge in [0.15, 0.2) is 6.23 Å². The molecule has 3 rings (SSSR count). The number of piperidine rings is 1. The molecule has 1 atom stereocenters. The minimum atomic E-state index is -0.510. The molecule has 5 nitrogen and oxygen atoms in total. The van der Waals surface area contributed by atoms with Crippen LogP contribution in [-0.2, 0) is 4.79 Å². The zero-order chi connectivity index (χ0) is 12.5. The maximum atomic E-state index is 12.0. The van der Waals surface area contributed by atoms with Crippen LogP contribution in [0.3, 0.4) is 0 Å². The number of hydrogen-bond acceptors (Lipinski definition) is 4. The molecule has 2 N–H and O–H groups in total. The van der Waals surface area contributed by atoms with Crippen molar-refractivity contribution >= 4 is 11.6 Å². The Labute approximate surface area is 105 Å². The molecule has 0 bridgehead atoms. The van der Waals surface area contributed by atoms with Gasteiger partial charge in [0, 0.05) is 25.4 Å². The summed E-state index contributed by atoms with van der Waals surface area (Å²) in [5.41, 5.74) is 7.51. The molecule has 1 fully saturated rings. The predicted molar refractivity (Wildman–Crippen MR) is 66.4 cm³/mol. The zero-order valence-electron chi connectivity index (χ0n) is 10.0. The second kappa shape index (κ2) is 4.42. The third-order valence-corrected chi connectivity index (χ3v) is 3.26. The van der Waals surface area contributed by atoms with Gasteiger partial charge >= 0.3 is 0 Å². The fraction of sp³-hybridized carbons (Fsp3) is 0.385. The second-order valence-corrected chi connectivity index (χ2v) is 4.51. The summed E-state index contributed by atoms with van der Waals surface area (Å²) in [6.07, 6.45) is 7.24. The van der Waals surface area contributed by atoms with Crippen molar-refractivity contribution in [2.24, 2.45) is 5.73 Å². The molecule has 0 spiro atoms.